The molecule has 0 fully saturated rings. The van der Waals surface area contributed by atoms with Gasteiger partial charge >= 0.3 is 11.9 Å². The number of carboxylic acids is 2. The van der Waals surface area contributed by atoms with Crippen molar-refractivity contribution >= 4 is 39.5 Å². The highest BCUT2D eigenvalue weighted by molar-refractivity contribution is 9.10. The van der Waals surface area contributed by atoms with Gasteiger partial charge in [0.15, 0.2) is 0 Å². The summed E-state index contributed by atoms with van der Waals surface area (Å²) in [5.41, 5.74) is 0.959. The summed E-state index contributed by atoms with van der Waals surface area (Å²) < 4.78 is 0.835. The summed E-state index contributed by atoms with van der Waals surface area (Å²) in [5, 5.41) is 18.5. The van der Waals surface area contributed by atoms with Crippen LogP contribution in [-0.4, -0.2) is 22.2 Å². The molecule has 0 amide bonds. The van der Waals surface area contributed by atoms with Crippen molar-refractivity contribution in [3.05, 3.63) is 69.7 Å². The van der Waals surface area contributed by atoms with Gasteiger partial charge in [-0.05, 0) is 35.4 Å². The van der Waals surface area contributed by atoms with Crippen LogP contribution in [0.5, 0.6) is 0 Å². The lowest BCUT2D eigenvalue weighted by Crippen LogP contribution is -2.02. The Labute approximate surface area is 129 Å². The van der Waals surface area contributed by atoms with Gasteiger partial charge in [-0.3, -0.25) is 0 Å². The highest BCUT2D eigenvalue weighted by Crippen LogP contribution is 2.22. The van der Waals surface area contributed by atoms with Crippen LogP contribution in [0.2, 0.25) is 0 Å². The van der Waals surface area contributed by atoms with Gasteiger partial charge in [-0.1, -0.05) is 46.3 Å². The lowest BCUT2D eigenvalue weighted by molar-refractivity contribution is -0.130. The number of hydrogen-bond donors (Lipinski definition) is 2. The van der Waals surface area contributed by atoms with Crippen molar-refractivity contribution in [3.8, 4) is 0 Å². The van der Waals surface area contributed by atoms with E-state index in [9.17, 15) is 14.7 Å². The monoisotopic (exact) mass is 346 g/mol. The SMILES string of the molecule is O=C(O)/C(=C\c1ccccc1C(=O)O)c1ccc(Br)cc1. The molecule has 0 aliphatic heterocycles. The average Bonchev–Trinajstić information content (AvgIpc) is 2.46. The van der Waals surface area contributed by atoms with Gasteiger partial charge < -0.3 is 10.2 Å². The summed E-state index contributed by atoms with van der Waals surface area (Å²) in [7, 11) is 0. The van der Waals surface area contributed by atoms with E-state index in [-0.39, 0.29) is 11.1 Å². The fourth-order valence-electron chi connectivity index (χ4n) is 1.87. The zero-order valence-electron chi connectivity index (χ0n) is 10.8. The molecule has 0 bridgehead atoms. The van der Waals surface area contributed by atoms with E-state index in [0.717, 1.165) is 4.47 Å². The molecule has 4 nitrogen and oxygen atoms in total. The van der Waals surface area contributed by atoms with Crippen molar-refractivity contribution < 1.29 is 19.8 Å². The van der Waals surface area contributed by atoms with E-state index in [4.69, 9.17) is 5.11 Å². The maximum atomic E-state index is 11.4. The lowest BCUT2D eigenvalue weighted by atomic mass is 10.00. The number of aliphatic carboxylic acids is 1. The van der Waals surface area contributed by atoms with Gasteiger partial charge in [0.05, 0.1) is 11.1 Å². The van der Waals surface area contributed by atoms with Crippen molar-refractivity contribution in [3.63, 3.8) is 0 Å². The molecule has 2 N–H and O–H groups in total. The molecule has 0 atom stereocenters. The van der Waals surface area contributed by atoms with Crippen LogP contribution >= 0.6 is 15.9 Å². The molecule has 0 spiro atoms. The molecule has 0 saturated carbocycles. The van der Waals surface area contributed by atoms with Crippen LogP contribution < -0.4 is 0 Å². The zero-order valence-corrected chi connectivity index (χ0v) is 12.4. The highest BCUT2D eigenvalue weighted by atomic mass is 79.9. The Bertz CT molecular complexity index is 717. The summed E-state index contributed by atoms with van der Waals surface area (Å²) >= 11 is 3.28. The minimum absolute atomic E-state index is 0.0381. The third-order valence-electron chi connectivity index (χ3n) is 2.88. The normalized spacial score (nSPS) is 11.2. The fourth-order valence-corrected chi connectivity index (χ4v) is 2.14. The molecule has 2 aromatic rings. The summed E-state index contributed by atoms with van der Waals surface area (Å²) in [6.45, 7) is 0. The molecular formula is C16H11BrO4. The molecule has 2 rings (SSSR count). The van der Waals surface area contributed by atoms with Gasteiger partial charge in [-0.15, -0.1) is 0 Å². The molecule has 21 heavy (non-hydrogen) atoms. The zero-order chi connectivity index (χ0) is 15.4. The predicted octanol–water partition coefficient (Wildman–Crippen LogP) is 3.77. The van der Waals surface area contributed by atoms with Gasteiger partial charge in [-0.2, -0.15) is 0 Å². The third kappa shape index (κ3) is 3.58. The third-order valence-corrected chi connectivity index (χ3v) is 3.41. The Kier molecular flexibility index (Phi) is 4.55. The molecule has 0 aliphatic rings. The topological polar surface area (TPSA) is 74.6 Å². The highest BCUT2D eigenvalue weighted by Gasteiger charge is 2.13. The molecular weight excluding hydrogens is 336 g/mol. The molecule has 106 valence electrons. The summed E-state index contributed by atoms with van der Waals surface area (Å²) in [6, 6.07) is 13.1. The largest absolute Gasteiger partial charge is 0.478 e. The first-order chi connectivity index (χ1) is 9.99. The second-order valence-corrected chi connectivity index (χ2v) is 5.18. The lowest BCUT2D eigenvalue weighted by Gasteiger charge is -2.05. The maximum absolute atomic E-state index is 11.4. The summed E-state index contributed by atoms with van der Waals surface area (Å²) in [5.74, 6) is -2.21. The van der Waals surface area contributed by atoms with E-state index < -0.39 is 11.9 Å². The van der Waals surface area contributed by atoms with Gasteiger partial charge in [-0.25, -0.2) is 9.59 Å². The van der Waals surface area contributed by atoms with Gasteiger partial charge in [0.1, 0.15) is 0 Å². The van der Waals surface area contributed by atoms with Gasteiger partial charge in [0, 0.05) is 4.47 Å². The van der Waals surface area contributed by atoms with E-state index in [2.05, 4.69) is 15.9 Å². The number of carboxylic acid groups (broad SMARTS) is 2. The van der Waals surface area contributed by atoms with E-state index >= 15 is 0 Å². The number of rotatable bonds is 4. The van der Waals surface area contributed by atoms with E-state index in [1.807, 2.05) is 0 Å². The Hall–Kier alpha value is -2.40. The maximum Gasteiger partial charge on any atom is 0.336 e. The minimum atomic E-state index is -1.11. The second kappa shape index (κ2) is 6.37. The van der Waals surface area contributed by atoms with Crippen LogP contribution in [0.15, 0.2) is 53.0 Å². The molecule has 2 aromatic carbocycles. The van der Waals surface area contributed by atoms with Gasteiger partial charge in [0.2, 0.25) is 0 Å². The van der Waals surface area contributed by atoms with E-state index in [1.54, 1.807) is 42.5 Å². The van der Waals surface area contributed by atoms with Crippen molar-refractivity contribution in [2.45, 2.75) is 0 Å². The smallest absolute Gasteiger partial charge is 0.336 e. The Morgan fingerprint density at radius 3 is 2.14 bits per heavy atom. The predicted molar refractivity (Wildman–Crippen MR) is 83.1 cm³/mol. The average molecular weight is 347 g/mol. The number of benzene rings is 2. The molecule has 5 heteroatoms. The van der Waals surface area contributed by atoms with Crippen molar-refractivity contribution in [1.29, 1.82) is 0 Å². The van der Waals surface area contributed by atoms with Crippen molar-refractivity contribution in [1.82, 2.24) is 0 Å². The standard InChI is InChI=1S/C16H11BrO4/c17-12-7-5-10(6-8-12)14(16(20)21)9-11-3-1-2-4-13(11)15(18)19/h1-9H,(H,18,19)(H,20,21)/b14-9-. The van der Waals surface area contributed by atoms with E-state index in [0.29, 0.717) is 11.1 Å². The number of hydrogen-bond acceptors (Lipinski definition) is 2. The quantitative estimate of drug-likeness (QED) is 0.652. The van der Waals surface area contributed by atoms with Crippen LogP contribution in [0.25, 0.3) is 11.6 Å². The van der Waals surface area contributed by atoms with E-state index in [1.165, 1.54) is 12.1 Å². The van der Waals surface area contributed by atoms with Crippen molar-refractivity contribution in [2.75, 3.05) is 0 Å². The molecule has 0 aromatic heterocycles. The van der Waals surface area contributed by atoms with Crippen LogP contribution in [0.1, 0.15) is 21.5 Å². The van der Waals surface area contributed by atoms with Crippen LogP contribution in [0.4, 0.5) is 0 Å². The number of carbonyl (C=O) groups is 2. The Morgan fingerprint density at radius 2 is 1.57 bits per heavy atom. The molecule has 0 heterocycles. The van der Waals surface area contributed by atoms with Crippen LogP contribution in [-0.2, 0) is 4.79 Å². The first-order valence-electron chi connectivity index (χ1n) is 6.02. The first-order valence-corrected chi connectivity index (χ1v) is 6.81. The first kappa shape index (κ1) is 15.0. The Morgan fingerprint density at radius 1 is 0.952 bits per heavy atom. The number of aromatic carboxylic acids is 1. The van der Waals surface area contributed by atoms with Crippen molar-refractivity contribution in [2.24, 2.45) is 0 Å². The Balaban J connectivity index is 2.56. The summed E-state index contributed by atoms with van der Waals surface area (Å²) in [6.07, 6.45) is 1.37. The minimum Gasteiger partial charge on any atom is -0.478 e. The van der Waals surface area contributed by atoms with Crippen LogP contribution in [0, 0.1) is 0 Å². The van der Waals surface area contributed by atoms with Crippen LogP contribution in [0.3, 0.4) is 0 Å². The molecule has 0 unspecified atom stereocenters. The second-order valence-electron chi connectivity index (χ2n) is 4.26. The molecule has 0 aliphatic carbocycles. The molecule has 0 saturated heterocycles. The van der Waals surface area contributed by atoms with Gasteiger partial charge in [0.25, 0.3) is 0 Å². The molecule has 0 radical (unpaired) electrons. The number of halogens is 1. The summed E-state index contributed by atoms with van der Waals surface area (Å²) in [4.78, 5) is 22.6. The fraction of sp³-hybridized carbons (Fsp3) is 0.